The Kier molecular flexibility index (Phi) is 5.98. The SMILES string of the molecule is O=C(C[C@@H]1Sc2ccccc2NC1=O)NC1CCN(Cc2ccccc2)CC1. The van der Waals surface area contributed by atoms with Gasteiger partial charge in [-0.3, -0.25) is 14.5 Å². The lowest BCUT2D eigenvalue weighted by Gasteiger charge is -2.32. The van der Waals surface area contributed by atoms with Crippen LogP contribution in [0.25, 0.3) is 0 Å². The van der Waals surface area contributed by atoms with Crippen LogP contribution in [-0.4, -0.2) is 41.1 Å². The van der Waals surface area contributed by atoms with Gasteiger partial charge in [0.15, 0.2) is 0 Å². The predicted molar refractivity (Wildman–Crippen MR) is 112 cm³/mol. The Morgan fingerprint density at radius 2 is 1.79 bits per heavy atom. The monoisotopic (exact) mass is 395 g/mol. The van der Waals surface area contributed by atoms with E-state index in [1.165, 1.54) is 17.3 Å². The topological polar surface area (TPSA) is 61.4 Å². The van der Waals surface area contributed by atoms with E-state index in [2.05, 4.69) is 39.8 Å². The molecule has 0 unspecified atom stereocenters. The number of rotatable bonds is 5. The first-order chi connectivity index (χ1) is 13.7. The zero-order chi connectivity index (χ0) is 19.3. The molecule has 2 aliphatic rings. The summed E-state index contributed by atoms with van der Waals surface area (Å²) in [5.74, 6) is -0.120. The van der Waals surface area contributed by atoms with Gasteiger partial charge in [-0.1, -0.05) is 42.5 Å². The second-order valence-corrected chi connectivity index (χ2v) is 8.64. The Morgan fingerprint density at radius 3 is 2.57 bits per heavy atom. The number of benzene rings is 2. The fourth-order valence-electron chi connectivity index (χ4n) is 3.76. The summed E-state index contributed by atoms with van der Waals surface area (Å²) in [4.78, 5) is 28.2. The van der Waals surface area contributed by atoms with Gasteiger partial charge in [0.2, 0.25) is 11.8 Å². The highest BCUT2D eigenvalue weighted by molar-refractivity contribution is 8.01. The van der Waals surface area contributed by atoms with Gasteiger partial charge < -0.3 is 10.6 Å². The minimum Gasteiger partial charge on any atom is -0.353 e. The molecule has 1 saturated heterocycles. The fourth-order valence-corrected chi connectivity index (χ4v) is 4.87. The van der Waals surface area contributed by atoms with Gasteiger partial charge in [0.25, 0.3) is 0 Å². The van der Waals surface area contributed by atoms with Crippen molar-refractivity contribution in [3.05, 3.63) is 60.2 Å². The van der Waals surface area contributed by atoms with Crippen LogP contribution < -0.4 is 10.6 Å². The van der Waals surface area contributed by atoms with Crippen LogP contribution in [0.15, 0.2) is 59.5 Å². The number of thioether (sulfide) groups is 1. The summed E-state index contributed by atoms with van der Waals surface area (Å²) >= 11 is 1.48. The summed E-state index contributed by atoms with van der Waals surface area (Å²) in [5.41, 5.74) is 2.16. The van der Waals surface area contributed by atoms with Crippen molar-refractivity contribution in [3.8, 4) is 0 Å². The predicted octanol–water partition coefficient (Wildman–Crippen LogP) is 3.27. The Balaban J connectivity index is 1.23. The summed E-state index contributed by atoms with van der Waals surface area (Å²) in [6.45, 7) is 2.91. The smallest absolute Gasteiger partial charge is 0.238 e. The van der Waals surface area contributed by atoms with Crippen LogP contribution in [0.5, 0.6) is 0 Å². The maximum absolute atomic E-state index is 12.5. The van der Waals surface area contributed by atoms with Crippen molar-refractivity contribution >= 4 is 29.3 Å². The van der Waals surface area contributed by atoms with Crippen molar-refractivity contribution in [2.45, 2.75) is 42.0 Å². The standard InChI is InChI=1S/C22H25N3O2S/c26-21(14-20-22(27)24-18-8-4-5-9-19(18)28-20)23-17-10-12-25(13-11-17)15-16-6-2-1-3-7-16/h1-9,17,20H,10-15H2,(H,23,26)(H,24,27)/t20-/m0/s1. The van der Waals surface area contributed by atoms with Gasteiger partial charge in [0.1, 0.15) is 0 Å². The van der Waals surface area contributed by atoms with Gasteiger partial charge in [-0.25, -0.2) is 0 Å². The van der Waals surface area contributed by atoms with Crippen molar-refractivity contribution in [3.63, 3.8) is 0 Å². The largest absolute Gasteiger partial charge is 0.353 e. The molecule has 0 saturated carbocycles. The van der Waals surface area contributed by atoms with E-state index in [0.717, 1.165) is 43.1 Å². The van der Waals surface area contributed by atoms with E-state index in [1.54, 1.807) is 0 Å². The molecule has 0 bridgehead atoms. The second kappa shape index (κ2) is 8.80. The van der Waals surface area contributed by atoms with Crippen molar-refractivity contribution in [2.24, 2.45) is 0 Å². The lowest BCUT2D eigenvalue weighted by Crippen LogP contribution is -2.45. The van der Waals surface area contributed by atoms with Crippen molar-refractivity contribution < 1.29 is 9.59 Å². The number of para-hydroxylation sites is 1. The van der Waals surface area contributed by atoms with Crippen molar-refractivity contribution in [1.29, 1.82) is 0 Å². The first-order valence-corrected chi connectivity index (χ1v) is 10.7. The molecule has 0 aromatic heterocycles. The number of nitrogens with one attached hydrogen (secondary N) is 2. The van der Waals surface area contributed by atoms with Gasteiger partial charge in [0, 0.05) is 37.0 Å². The van der Waals surface area contributed by atoms with Crippen molar-refractivity contribution in [1.82, 2.24) is 10.2 Å². The van der Waals surface area contributed by atoms with Gasteiger partial charge >= 0.3 is 0 Å². The minimum atomic E-state index is -0.368. The molecule has 1 atom stereocenters. The maximum Gasteiger partial charge on any atom is 0.238 e. The highest BCUT2D eigenvalue weighted by Gasteiger charge is 2.30. The lowest BCUT2D eigenvalue weighted by molar-refractivity contribution is -0.124. The summed E-state index contributed by atoms with van der Waals surface area (Å²) in [7, 11) is 0. The summed E-state index contributed by atoms with van der Waals surface area (Å²) in [6, 6.07) is 18.4. The molecular formula is C22H25N3O2S. The van der Waals surface area contributed by atoms with E-state index in [1.807, 2.05) is 30.3 Å². The third kappa shape index (κ3) is 4.75. The summed E-state index contributed by atoms with van der Waals surface area (Å²) < 4.78 is 0. The van der Waals surface area contributed by atoms with Crippen LogP contribution in [0.3, 0.4) is 0 Å². The fraction of sp³-hybridized carbons (Fsp3) is 0.364. The van der Waals surface area contributed by atoms with Crippen molar-refractivity contribution in [2.75, 3.05) is 18.4 Å². The number of carbonyl (C=O) groups excluding carboxylic acids is 2. The first-order valence-electron chi connectivity index (χ1n) is 9.79. The number of nitrogens with zero attached hydrogens (tertiary/aromatic N) is 1. The molecular weight excluding hydrogens is 370 g/mol. The van der Waals surface area contributed by atoms with Gasteiger partial charge in [-0.05, 0) is 30.5 Å². The molecule has 2 aromatic rings. The number of likely N-dealkylation sites (tertiary alicyclic amines) is 1. The number of fused-ring (bicyclic) bond motifs is 1. The second-order valence-electron chi connectivity index (χ2n) is 7.40. The number of hydrogen-bond acceptors (Lipinski definition) is 4. The lowest BCUT2D eigenvalue weighted by atomic mass is 10.0. The van der Waals surface area contributed by atoms with Gasteiger partial charge in [-0.2, -0.15) is 0 Å². The molecule has 0 spiro atoms. The Morgan fingerprint density at radius 1 is 1.07 bits per heavy atom. The Bertz CT molecular complexity index is 835. The third-order valence-corrected chi connectivity index (χ3v) is 6.55. The molecule has 5 nitrogen and oxygen atoms in total. The number of piperidine rings is 1. The molecule has 2 aliphatic heterocycles. The average Bonchev–Trinajstić information content (AvgIpc) is 2.71. The van der Waals surface area contributed by atoms with E-state index in [9.17, 15) is 9.59 Å². The normalized spacial score (nSPS) is 20.3. The molecule has 0 aliphatic carbocycles. The van der Waals surface area contributed by atoms with Crippen LogP contribution in [0.2, 0.25) is 0 Å². The summed E-state index contributed by atoms with van der Waals surface area (Å²) in [5, 5.41) is 5.67. The number of hydrogen-bond donors (Lipinski definition) is 2. The molecule has 0 radical (unpaired) electrons. The highest BCUT2D eigenvalue weighted by atomic mass is 32.2. The molecule has 1 fully saturated rings. The van der Waals surface area contributed by atoms with E-state index in [4.69, 9.17) is 0 Å². The molecule has 146 valence electrons. The molecule has 2 N–H and O–H groups in total. The van der Waals surface area contributed by atoms with E-state index < -0.39 is 0 Å². The minimum absolute atomic E-state index is 0.0338. The Hall–Kier alpha value is -2.31. The van der Waals surface area contributed by atoms with Gasteiger partial charge in [-0.15, -0.1) is 11.8 Å². The van der Waals surface area contributed by atoms with E-state index in [0.29, 0.717) is 0 Å². The van der Waals surface area contributed by atoms with Crippen LogP contribution >= 0.6 is 11.8 Å². The van der Waals surface area contributed by atoms with Crippen LogP contribution in [0.4, 0.5) is 5.69 Å². The van der Waals surface area contributed by atoms with Gasteiger partial charge in [0.05, 0.1) is 10.9 Å². The molecule has 2 amide bonds. The third-order valence-electron chi connectivity index (χ3n) is 5.28. The molecule has 6 heteroatoms. The van der Waals surface area contributed by atoms with E-state index >= 15 is 0 Å². The zero-order valence-corrected chi connectivity index (χ0v) is 16.6. The maximum atomic E-state index is 12.5. The average molecular weight is 396 g/mol. The quantitative estimate of drug-likeness (QED) is 0.816. The first kappa shape index (κ1) is 19.0. The molecule has 4 rings (SSSR count). The van der Waals surface area contributed by atoms with Crippen LogP contribution in [0.1, 0.15) is 24.8 Å². The number of amides is 2. The molecule has 28 heavy (non-hydrogen) atoms. The summed E-state index contributed by atoms with van der Waals surface area (Å²) in [6.07, 6.45) is 2.12. The molecule has 2 heterocycles. The number of carbonyl (C=O) groups is 2. The molecule has 2 aromatic carbocycles. The number of anilines is 1. The zero-order valence-electron chi connectivity index (χ0n) is 15.8. The highest BCUT2D eigenvalue weighted by Crippen LogP contribution is 2.36. The Labute approximate surface area is 169 Å². The van der Waals surface area contributed by atoms with Crippen LogP contribution in [0, 0.1) is 0 Å². The van der Waals surface area contributed by atoms with E-state index in [-0.39, 0.29) is 29.5 Å². The van der Waals surface area contributed by atoms with Crippen LogP contribution in [-0.2, 0) is 16.1 Å².